The first kappa shape index (κ1) is 18.1. The summed E-state index contributed by atoms with van der Waals surface area (Å²) in [7, 11) is 0. The number of nitrogens with two attached hydrogens (primary N) is 1. The lowest BCUT2D eigenvalue weighted by Crippen LogP contribution is -2.36. The summed E-state index contributed by atoms with van der Waals surface area (Å²) >= 11 is 0. The summed E-state index contributed by atoms with van der Waals surface area (Å²) in [6, 6.07) is 17.3. The van der Waals surface area contributed by atoms with Gasteiger partial charge >= 0.3 is 0 Å². The number of aromatic nitrogens is 4. The molecule has 0 bridgehead atoms. The van der Waals surface area contributed by atoms with Gasteiger partial charge in [-0.25, -0.2) is 4.68 Å². The molecule has 0 aliphatic carbocycles. The summed E-state index contributed by atoms with van der Waals surface area (Å²) in [6.45, 7) is 3.81. The Morgan fingerprint density at radius 2 is 1.71 bits per heavy atom. The highest BCUT2D eigenvalue weighted by molar-refractivity contribution is 5.83. The first-order valence-electron chi connectivity index (χ1n) is 9.06. The van der Waals surface area contributed by atoms with Crippen LogP contribution in [0.4, 0.5) is 0 Å². The molecule has 0 amide bonds. The quantitative estimate of drug-likeness (QED) is 0.575. The number of hydrogen-bond acceptors (Lipinski definition) is 6. The molecule has 142 valence electrons. The van der Waals surface area contributed by atoms with Crippen molar-refractivity contribution < 1.29 is 4.42 Å². The topological polar surface area (TPSA) is 99.8 Å². The lowest BCUT2D eigenvalue weighted by atomic mass is 9.94. The fourth-order valence-corrected chi connectivity index (χ4v) is 3.28. The van der Waals surface area contributed by atoms with Crippen molar-refractivity contribution >= 4 is 10.8 Å². The molecule has 2 N–H and O–H groups in total. The van der Waals surface area contributed by atoms with Crippen LogP contribution in [0.1, 0.15) is 30.0 Å². The van der Waals surface area contributed by atoms with E-state index in [1.807, 2.05) is 62.4 Å². The molecule has 0 aliphatic heterocycles. The van der Waals surface area contributed by atoms with E-state index in [-0.39, 0.29) is 12.1 Å². The maximum atomic E-state index is 12.7. The molecule has 1 atom stereocenters. The number of aryl methyl sites for hydroxylation is 1. The Hall–Kier alpha value is -3.32. The van der Waals surface area contributed by atoms with E-state index in [4.69, 9.17) is 10.2 Å². The van der Waals surface area contributed by atoms with Crippen molar-refractivity contribution in [2.75, 3.05) is 0 Å². The highest BCUT2D eigenvalue weighted by Crippen LogP contribution is 2.22. The summed E-state index contributed by atoms with van der Waals surface area (Å²) in [5.74, 6) is 0.626. The molecule has 2 aromatic heterocycles. The maximum absolute atomic E-state index is 12.7. The van der Waals surface area contributed by atoms with Crippen LogP contribution in [0.2, 0.25) is 0 Å². The lowest BCUT2D eigenvalue weighted by Gasteiger charge is -2.20. The molecular weight excluding hydrogens is 354 g/mol. The Morgan fingerprint density at radius 3 is 2.46 bits per heavy atom. The van der Waals surface area contributed by atoms with Crippen LogP contribution in [0.3, 0.4) is 0 Å². The van der Waals surface area contributed by atoms with Gasteiger partial charge < -0.3 is 10.2 Å². The van der Waals surface area contributed by atoms with Crippen molar-refractivity contribution in [2.24, 2.45) is 5.73 Å². The second kappa shape index (κ2) is 7.01. The van der Waals surface area contributed by atoms with Crippen molar-refractivity contribution in [1.82, 2.24) is 20.0 Å². The van der Waals surface area contributed by atoms with Gasteiger partial charge in [-0.05, 0) is 31.9 Å². The number of fused-ring (bicyclic) bond motifs is 1. The monoisotopic (exact) mass is 375 g/mol. The number of benzene rings is 2. The molecule has 0 spiro atoms. The second-order valence-electron chi connectivity index (χ2n) is 7.17. The first-order chi connectivity index (χ1) is 13.4. The highest BCUT2D eigenvalue weighted by Gasteiger charge is 2.28. The lowest BCUT2D eigenvalue weighted by molar-refractivity contribution is 0.330. The summed E-state index contributed by atoms with van der Waals surface area (Å²) in [6.07, 6.45) is 0.558. The molecule has 4 rings (SSSR count). The second-order valence-corrected chi connectivity index (χ2v) is 7.17. The normalized spacial score (nSPS) is 13.5. The van der Waals surface area contributed by atoms with Gasteiger partial charge in [0, 0.05) is 5.39 Å². The molecule has 0 radical (unpaired) electrons. The van der Waals surface area contributed by atoms with E-state index in [1.165, 1.54) is 4.68 Å². The minimum Gasteiger partial charge on any atom is -0.421 e. The van der Waals surface area contributed by atoms with Crippen LogP contribution in [-0.4, -0.2) is 20.0 Å². The molecule has 2 heterocycles. The molecule has 2 aromatic carbocycles. The van der Waals surface area contributed by atoms with Gasteiger partial charge in [0.15, 0.2) is 0 Å². The Kier molecular flexibility index (Phi) is 4.52. The molecule has 4 aromatic rings. The van der Waals surface area contributed by atoms with Crippen LogP contribution < -0.4 is 11.3 Å². The number of nitrogens with zero attached hydrogens (tertiary/aromatic N) is 4. The van der Waals surface area contributed by atoms with Gasteiger partial charge in [-0.15, -0.1) is 10.2 Å². The van der Waals surface area contributed by atoms with Gasteiger partial charge in [0.1, 0.15) is 6.54 Å². The van der Waals surface area contributed by atoms with Gasteiger partial charge in [0.2, 0.25) is 11.8 Å². The number of rotatable bonds is 5. The zero-order chi connectivity index (χ0) is 19.7. The fraction of sp³-hybridized carbons (Fsp3) is 0.238. The largest absolute Gasteiger partial charge is 0.421 e. The fourth-order valence-electron chi connectivity index (χ4n) is 3.28. The predicted octanol–water partition coefficient (Wildman–Crippen LogP) is 2.55. The van der Waals surface area contributed by atoms with Crippen LogP contribution in [0, 0.1) is 6.92 Å². The van der Waals surface area contributed by atoms with Gasteiger partial charge in [-0.2, -0.15) is 5.10 Å². The zero-order valence-electron chi connectivity index (χ0n) is 15.8. The molecule has 7 heteroatoms. The minimum atomic E-state index is -0.815. The third-order valence-corrected chi connectivity index (χ3v) is 4.71. The Labute approximate surface area is 161 Å². The third kappa shape index (κ3) is 3.44. The summed E-state index contributed by atoms with van der Waals surface area (Å²) in [5, 5.41) is 14.0. The molecule has 0 unspecified atom stereocenters. The summed E-state index contributed by atoms with van der Waals surface area (Å²) < 4.78 is 7.13. The standard InChI is InChI=1S/C21H21N5O2/c1-14-16-10-6-7-11-17(16)19(27)26(25-14)13-18-23-24-20(28-18)21(2,22)12-15-8-4-3-5-9-15/h3-11H,12-13,22H2,1-2H3/t21-/m1/s1. The van der Waals surface area contributed by atoms with Crippen molar-refractivity contribution in [3.05, 3.63) is 88.0 Å². The van der Waals surface area contributed by atoms with E-state index < -0.39 is 5.54 Å². The van der Waals surface area contributed by atoms with E-state index in [0.29, 0.717) is 23.6 Å². The van der Waals surface area contributed by atoms with Crippen molar-refractivity contribution in [1.29, 1.82) is 0 Å². The first-order valence-corrected chi connectivity index (χ1v) is 9.06. The molecular formula is C21H21N5O2. The van der Waals surface area contributed by atoms with Crippen molar-refractivity contribution in [3.8, 4) is 0 Å². The van der Waals surface area contributed by atoms with E-state index in [9.17, 15) is 4.79 Å². The van der Waals surface area contributed by atoms with Gasteiger partial charge in [0.25, 0.3) is 5.56 Å². The summed E-state index contributed by atoms with van der Waals surface area (Å²) in [4.78, 5) is 12.7. The molecule has 0 aliphatic rings. The average molecular weight is 375 g/mol. The van der Waals surface area contributed by atoms with Crippen LogP contribution in [0.5, 0.6) is 0 Å². The Morgan fingerprint density at radius 1 is 1.04 bits per heavy atom. The van der Waals surface area contributed by atoms with Crippen LogP contribution >= 0.6 is 0 Å². The van der Waals surface area contributed by atoms with Gasteiger partial charge in [0.05, 0.1) is 16.6 Å². The van der Waals surface area contributed by atoms with Crippen LogP contribution in [-0.2, 0) is 18.5 Å². The van der Waals surface area contributed by atoms with E-state index >= 15 is 0 Å². The average Bonchev–Trinajstić information content (AvgIpc) is 3.16. The van der Waals surface area contributed by atoms with Crippen LogP contribution in [0.25, 0.3) is 10.8 Å². The molecule has 0 saturated heterocycles. The molecule has 0 fully saturated rings. The van der Waals surface area contributed by atoms with Gasteiger partial charge in [-0.3, -0.25) is 4.79 Å². The minimum absolute atomic E-state index is 0.0962. The molecule has 7 nitrogen and oxygen atoms in total. The zero-order valence-corrected chi connectivity index (χ0v) is 15.8. The summed E-state index contributed by atoms with van der Waals surface area (Å²) in [5.41, 5.74) is 7.26. The number of hydrogen-bond donors (Lipinski definition) is 1. The van der Waals surface area contributed by atoms with Crippen molar-refractivity contribution in [2.45, 2.75) is 32.4 Å². The van der Waals surface area contributed by atoms with E-state index in [2.05, 4.69) is 15.3 Å². The van der Waals surface area contributed by atoms with E-state index in [0.717, 1.165) is 16.6 Å². The van der Waals surface area contributed by atoms with E-state index in [1.54, 1.807) is 6.07 Å². The molecule has 0 saturated carbocycles. The van der Waals surface area contributed by atoms with Crippen LogP contribution in [0.15, 0.2) is 63.8 Å². The Balaban J connectivity index is 1.61. The highest BCUT2D eigenvalue weighted by atomic mass is 16.4. The third-order valence-electron chi connectivity index (χ3n) is 4.71. The van der Waals surface area contributed by atoms with Gasteiger partial charge in [-0.1, -0.05) is 48.5 Å². The maximum Gasteiger partial charge on any atom is 0.275 e. The molecule has 28 heavy (non-hydrogen) atoms. The Bertz CT molecular complexity index is 1180. The smallest absolute Gasteiger partial charge is 0.275 e. The van der Waals surface area contributed by atoms with Crippen molar-refractivity contribution in [3.63, 3.8) is 0 Å². The SMILES string of the molecule is Cc1nn(Cc2nnc([C@](C)(N)Cc3ccccc3)o2)c(=O)c2ccccc12. The predicted molar refractivity (Wildman–Crippen MR) is 106 cm³/mol.